The molecule has 0 spiro atoms. The number of rotatable bonds is 6. The van der Waals surface area contributed by atoms with Crippen molar-refractivity contribution in [2.75, 3.05) is 18.2 Å². The first-order valence-corrected chi connectivity index (χ1v) is 8.79. The number of methoxy groups -OCH3 is 1. The summed E-state index contributed by atoms with van der Waals surface area (Å²) in [4.78, 5) is 4.49. The van der Waals surface area contributed by atoms with Gasteiger partial charge in [0.15, 0.2) is 5.16 Å². The minimum Gasteiger partial charge on any atom is -0.495 e. The maximum absolute atomic E-state index is 5.32. The number of nitrogens with zero attached hydrogens (tertiary/aromatic N) is 2. The van der Waals surface area contributed by atoms with E-state index in [1.165, 1.54) is 32.1 Å². The molecule has 0 aliphatic heterocycles. The second kappa shape index (κ2) is 7.54. The van der Waals surface area contributed by atoms with Gasteiger partial charge >= 0.3 is 0 Å². The fourth-order valence-electron chi connectivity index (χ4n) is 2.79. The highest BCUT2D eigenvalue weighted by Crippen LogP contribution is 2.30. The van der Waals surface area contributed by atoms with E-state index >= 15 is 0 Å². The predicted octanol–water partition coefficient (Wildman–Crippen LogP) is 4.23. The molecule has 22 heavy (non-hydrogen) atoms. The lowest BCUT2D eigenvalue weighted by Crippen LogP contribution is -2.08. The minimum atomic E-state index is 0.579. The van der Waals surface area contributed by atoms with Crippen LogP contribution < -0.4 is 10.1 Å². The van der Waals surface area contributed by atoms with E-state index in [-0.39, 0.29) is 0 Å². The summed E-state index contributed by atoms with van der Waals surface area (Å²) < 4.78 is 5.32. The monoisotopic (exact) mass is 318 g/mol. The van der Waals surface area contributed by atoms with Crippen LogP contribution in [0.5, 0.6) is 5.75 Å². The van der Waals surface area contributed by atoms with Gasteiger partial charge in [-0.15, -0.1) is 5.10 Å². The molecule has 3 rings (SSSR count). The molecule has 1 saturated carbocycles. The molecule has 1 aromatic carbocycles. The van der Waals surface area contributed by atoms with E-state index in [1.807, 2.05) is 24.3 Å². The summed E-state index contributed by atoms with van der Waals surface area (Å²) in [5, 5.41) is 11.3. The number of nitrogens with one attached hydrogen (secondary N) is 2. The second-order valence-corrected chi connectivity index (χ2v) is 6.61. The zero-order valence-electron chi connectivity index (χ0n) is 12.8. The molecule has 0 atom stereocenters. The third kappa shape index (κ3) is 3.94. The van der Waals surface area contributed by atoms with E-state index in [0.717, 1.165) is 28.3 Å². The Morgan fingerprint density at radius 3 is 2.91 bits per heavy atom. The van der Waals surface area contributed by atoms with Gasteiger partial charge in [-0.2, -0.15) is 4.98 Å². The summed E-state index contributed by atoms with van der Waals surface area (Å²) >= 11 is 1.77. The molecule has 1 aromatic heterocycles. The molecule has 1 fully saturated rings. The smallest absolute Gasteiger partial charge is 0.247 e. The van der Waals surface area contributed by atoms with Crippen LogP contribution in [0, 0.1) is 5.92 Å². The van der Waals surface area contributed by atoms with Gasteiger partial charge in [0.1, 0.15) is 5.75 Å². The zero-order valence-corrected chi connectivity index (χ0v) is 13.7. The summed E-state index contributed by atoms with van der Waals surface area (Å²) in [5.74, 6) is 3.32. The predicted molar refractivity (Wildman–Crippen MR) is 90.0 cm³/mol. The molecule has 5 nitrogen and oxygen atoms in total. The third-order valence-corrected chi connectivity index (χ3v) is 5.09. The van der Waals surface area contributed by atoms with E-state index < -0.39 is 0 Å². The van der Waals surface area contributed by atoms with Gasteiger partial charge in [0, 0.05) is 5.75 Å². The Balaban J connectivity index is 1.56. The maximum atomic E-state index is 5.32. The van der Waals surface area contributed by atoms with Gasteiger partial charge in [0.2, 0.25) is 5.95 Å². The minimum absolute atomic E-state index is 0.579. The topological polar surface area (TPSA) is 62.8 Å². The number of aromatic amines is 1. The van der Waals surface area contributed by atoms with Crippen LogP contribution in [0.1, 0.15) is 32.1 Å². The second-order valence-electron chi connectivity index (χ2n) is 5.60. The van der Waals surface area contributed by atoms with E-state index in [0.29, 0.717) is 5.95 Å². The molecular formula is C16H22N4OS. The van der Waals surface area contributed by atoms with Crippen LogP contribution in [-0.2, 0) is 0 Å². The SMILES string of the molecule is COc1ccccc1Nc1n[nH]c(SCC2CCCCC2)n1. The molecule has 118 valence electrons. The third-order valence-electron chi connectivity index (χ3n) is 4.00. The Morgan fingerprint density at radius 1 is 1.27 bits per heavy atom. The van der Waals surface area contributed by atoms with Crippen molar-refractivity contribution in [1.29, 1.82) is 0 Å². The van der Waals surface area contributed by atoms with Crippen LogP contribution >= 0.6 is 11.8 Å². The van der Waals surface area contributed by atoms with Crippen LogP contribution in [0.2, 0.25) is 0 Å². The summed E-state index contributed by atoms with van der Waals surface area (Å²) in [6, 6.07) is 7.75. The molecule has 0 unspecified atom stereocenters. The van der Waals surface area contributed by atoms with Crippen molar-refractivity contribution in [3.63, 3.8) is 0 Å². The van der Waals surface area contributed by atoms with Crippen LogP contribution in [0.3, 0.4) is 0 Å². The number of para-hydroxylation sites is 2. The Kier molecular flexibility index (Phi) is 5.21. The first kappa shape index (κ1) is 15.2. The van der Waals surface area contributed by atoms with Gasteiger partial charge in [-0.1, -0.05) is 43.2 Å². The van der Waals surface area contributed by atoms with Crippen molar-refractivity contribution in [2.45, 2.75) is 37.3 Å². The van der Waals surface area contributed by atoms with Crippen LogP contribution in [0.4, 0.5) is 11.6 Å². The lowest BCUT2D eigenvalue weighted by Gasteiger charge is -2.20. The van der Waals surface area contributed by atoms with Crippen LogP contribution in [0.25, 0.3) is 0 Å². The van der Waals surface area contributed by atoms with Gasteiger partial charge in [-0.25, -0.2) is 0 Å². The molecule has 0 bridgehead atoms. The Morgan fingerprint density at radius 2 is 2.09 bits per heavy atom. The van der Waals surface area contributed by atoms with Gasteiger partial charge in [-0.05, 0) is 30.9 Å². The fourth-order valence-corrected chi connectivity index (χ4v) is 3.77. The highest BCUT2D eigenvalue weighted by Gasteiger charge is 2.15. The van der Waals surface area contributed by atoms with Crippen molar-refractivity contribution in [3.05, 3.63) is 24.3 Å². The van der Waals surface area contributed by atoms with Crippen LogP contribution in [0.15, 0.2) is 29.4 Å². The molecule has 0 saturated heterocycles. The van der Waals surface area contributed by atoms with Gasteiger partial charge in [0.05, 0.1) is 12.8 Å². The highest BCUT2D eigenvalue weighted by molar-refractivity contribution is 7.99. The Hall–Kier alpha value is -1.69. The summed E-state index contributed by atoms with van der Waals surface area (Å²) in [7, 11) is 1.66. The summed E-state index contributed by atoms with van der Waals surface area (Å²) in [6.45, 7) is 0. The molecular weight excluding hydrogens is 296 g/mol. The molecule has 6 heteroatoms. The van der Waals surface area contributed by atoms with Crippen molar-refractivity contribution in [2.24, 2.45) is 5.92 Å². The quantitative estimate of drug-likeness (QED) is 0.780. The lowest BCUT2D eigenvalue weighted by atomic mass is 9.91. The fraction of sp³-hybridized carbons (Fsp3) is 0.500. The molecule has 1 aliphatic carbocycles. The number of aromatic nitrogens is 3. The number of ether oxygens (including phenoxy) is 1. The number of H-pyrrole nitrogens is 1. The summed E-state index contributed by atoms with van der Waals surface area (Å²) in [6.07, 6.45) is 6.86. The summed E-state index contributed by atoms with van der Waals surface area (Å²) in [5.41, 5.74) is 0.868. The van der Waals surface area contributed by atoms with Gasteiger partial charge < -0.3 is 10.1 Å². The molecule has 2 aromatic rings. The number of anilines is 2. The van der Waals surface area contributed by atoms with Crippen LogP contribution in [-0.4, -0.2) is 28.0 Å². The first-order valence-electron chi connectivity index (χ1n) is 7.80. The normalized spacial score (nSPS) is 15.7. The van der Waals surface area contributed by atoms with Gasteiger partial charge in [-0.3, -0.25) is 5.10 Å². The molecule has 1 aliphatic rings. The van der Waals surface area contributed by atoms with E-state index in [2.05, 4.69) is 20.5 Å². The maximum Gasteiger partial charge on any atom is 0.247 e. The number of thioether (sulfide) groups is 1. The first-order chi connectivity index (χ1) is 10.8. The highest BCUT2D eigenvalue weighted by atomic mass is 32.2. The molecule has 0 radical (unpaired) electrons. The van der Waals surface area contributed by atoms with E-state index in [4.69, 9.17) is 4.74 Å². The van der Waals surface area contributed by atoms with Crippen molar-refractivity contribution >= 4 is 23.4 Å². The lowest BCUT2D eigenvalue weighted by molar-refractivity contribution is 0.391. The largest absolute Gasteiger partial charge is 0.495 e. The van der Waals surface area contributed by atoms with Crippen molar-refractivity contribution in [3.8, 4) is 5.75 Å². The average Bonchev–Trinajstić information content (AvgIpc) is 3.02. The van der Waals surface area contributed by atoms with Gasteiger partial charge in [0.25, 0.3) is 0 Å². The Labute approximate surface area is 135 Å². The number of benzene rings is 1. The number of hydrogen-bond acceptors (Lipinski definition) is 5. The molecule has 1 heterocycles. The number of hydrogen-bond donors (Lipinski definition) is 2. The zero-order chi connectivity index (χ0) is 15.2. The average molecular weight is 318 g/mol. The van der Waals surface area contributed by atoms with E-state index in [1.54, 1.807) is 18.9 Å². The molecule has 0 amide bonds. The standard InChI is InChI=1S/C16H22N4OS/c1-21-14-10-6-5-9-13(14)17-15-18-16(20-19-15)22-11-12-7-3-2-4-8-12/h5-6,9-10,12H,2-4,7-8,11H2,1H3,(H2,17,18,19,20). The molecule has 2 N–H and O–H groups in total. The Bertz CT molecular complexity index is 595. The van der Waals surface area contributed by atoms with Crippen molar-refractivity contribution in [1.82, 2.24) is 15.2 Å². The van der Waals surface area contributed by atoms with Crippen molar-refractivity contribution < 1.29 is 4.74 Å². The van der Waals surface area contributed by atoms with E-state index in [9.17, 15) is 0 Å².